The van der Waals surface area contributed by atoms with Gasteiger partial charge in [-0.05, 0) is 49.3 Å². The Labute approximate surface area is 126 Å². The number of nitrogens with one attached hydrogen (secondary N) is 1. The monoisotopic (exact) mass is 299 g/mol. The molecule has 2 rings (SSSR count). The fourth-order valence-corrected chi connectivity index (χ4v) is 3.55. The first-order valence-corrected chi connectivity index (χ1v) is 8.06. The number of halogens is 2. The highest BCUT2D eigenvalue weighted by molar-refractivity contribution is 6.42. The summed E-state index contributed by atoms with van der Waals surface area (Å²) in [4.78, 5) is 0. The molecule has 1 aliphatic rings. The van der Waals surface area contributed by atoms with Crippen LogP contribution in [0, 0.1) is 5.41 Å². The van der Waals surface area contributed by atoms with Crippen LogP contribution < -0.4 is 5.32 Å². The van der Waals surface area contributed by atoms with E-state index in [9.17, 15) is 0 Å². The molecule has 1 aliphatic carbocycles. The van der Waals surface area contributed by atoms with E-state index in [1.807, 2.05) is 12.1 Å². The van der Waals surface area contributed by atoms with Crippen molar-refractivity contribution < 1.29 is 0 Å². The molecule has 0 radical (unpaired) electrons. The zero-order valence-electron chi connectivity index (χ0n) is 11.6. The molecule has 106 valence electrons. The van der Waals surface area contributed by atoms with Crippen LogP contribution in [0.3, 0.4) is 0 Å². The average Bonchev–Trinajstić information content (AvgIpc) is 2.84. The van der Waals surface area contributed by atoms with Gasteiger partial charge < -0.3 is 5.32 Å². The summed E-state index contributed by atoms with van der Waals surface area (Å²) in [6.45, 7) is 4.41. The molecule has 1 nitrogen and oxygen atoms in total. The Morgan fingerprint density at radius 3 is 2.63 bits per heavy atom. The SMILES string of the molecule is CCCNCC1(Cc2cccc(Cl)c2Cl)CCCC1. The highest BCUT2D eigenvalue weighted by Gasteiger charge is 2.34. The Morgan fingerprint density at radius 1 is 1.21 bits per heavy atom. The molecular formula is C16H23Cl2N. The Kier molecular flexibility index (Phi) is 5.56. The quantitative estimate of drug-likeness (QED) is 0.721. The smallest absolute Gasteiger partial charge is 0.0624 e. The van der Waals surface area contributed by atoms with Gasteiger partial charge in [0, 0.05) is 6.54 Å². The Balaban J connectivity index is 2.09. The number of rotatable bonds is 6. The predicted molar refractivity (Wildman–Crippen MR) is 84.2 cm³/mol. The average molecular weight is 300 g/mol. The molecule has 0 aliphatic heterocycles. The van der Waals surface area contributed by atoms with Crippen molar-refractivity contribution >= 4 is 23.2 Å². The zero-order valence-corrected chi connectivity index (χ0v) is 13.2. The Bertz CT molecular complexity index is 411. The summed E-state index contributed by atoms with van der Waals surface area (Å²) in [5, 5.41) is 5.01. The molecule has 1 N–H and O–H groups in total. The zero-order chi connectivity index (χ0) is 13.7. The topological polar surface area (TPSA) is 12.0 Å². The van der Waals surface area contributed by atoms with Gasteiger partial charge in [0.2, 0.25) is 0 Å². The van der Waals surface area contributed by atoms with E-state index >= 15 is 0 Å². The minimum absolute atomic E-state index is 0.378. The van der Waals surface area contributed by atoms with Gasteiger partial charge in [-0.2, -0.15) is 0 Å². The van der Waals surface area contributed by atoms with Gasteiger partial charge in [-0.25, -0.2) is 0 Å². The van der Waals surface area contributed by atoms with Crippen molar-refractivity contribution in [2.75, 3.05) is 13.1 Å². The van der Waals surface area contributed by atoms with Crippen LogP contribution in [0.1, 0.15) is 44.6 Å². The van der Waals surface area contributed by atoms with Crippen molar-refractivity contribution in [2.24, 2.45) is 5.41 Å². The van der Waals surface area contributed by atoms with E-state index in [1.165, 1.54) is 37.7 Å². The van der Waals surface area contributed by atoms with Crippen LogP contribution in [0.25, 0.3) is 0 Å². The third kappa shape index (κ3) is 3.87. The molecule has 3 heteroatoms. The van der Waals surface area contributed by atoms with E-state index < -0.39 is 0 Å². The molecule has 1 aromatic carbocycles. The first-order chi connectivity index (χ1) is 9.17. The molecule has 19 heavy (non-hydrogen) atoms. The summed E-state index contributed by atoms with van der Waals surface area (Å²) in [6, 6.07) is 5.99. The van der Waals surface area contributed by atoms with Crippen LogP contribution in [-0.4, -0.2) is 13.1 Å². The summed E-state index contributed by atoms with van der Waals surface area (Å²) >= 11 is 12.5. The van der Waals surface area contributed by atoms with Crippen LogP contribution in [-0.2, 0) is 6.42 Å². The van der Waals surface area contributed by atoms with Gasteiger partial charge in [-0.3, -0.25) is 0 Å². The molecule has 0 unspecified atom stereocenters. The van der Waals surface area contributed by atoms with Crippen molar-refractivity contribution in [1.82, 2.24) is 5.32 Å². The predicted octanol–water partition coefficient (Wildman–Crippen LogP) is 5.10. The van der Waals surface area contributed by atoms with Crippen LogP contribution in [0.4, 0.5) is 0 Å². The van der Waals surface area contributed by atoms with Gasteiger partial charge >= 0.3 is 0 Å². The summed E-state index contributed by atoms with van der Waals surface area (Å²) in [7, 11) is 0. The number of hydrogen-bond donors (Lipinski definition) is 1. The first-order valence-electron chi connectivity index (χ1n) is 7.30. The van der Waals surface area contributed by atoms with Crippen LogP contribution in [0.2, 0.25) is 10.0 Å². The fraction of sp³-hybridized carbons (Fsp3) is 0.625. The summed E-state index contributed by atoms with van der Waals surface area (Å²) in [6.07, 6.45) is 7.51. The minimum Gasteiger partial charge on any atom is -0.316 e. The van der Waals surface area contributed by atoms with E-state index in [0.717, 1.165) is 24.5 Å². The number of benzene rings is 1. The molecule has 0 spiro atoms. The molecule has 0 aromatic heterocycles. The summed E-state index contributed by atoms with van der Waals surface area (Å²) in [5.41, 5.74) is 1.58. The second kappa shape index (κ2) is 6.97. The largest absolute Gasteiger partial charge is 0.316 e. The van der Waals surface area contributed by atoms with Crippen molar-refractivity contribution in [2.45, 2.75) is 45.4 Å². The van der Waals surface area contributed by atoms with E-state index in [-0.39, 0.29) is 0 Å². The lowest BCUT2D eigenvalue weighted by Gasteiger charge is -2.30. The molecule has 0 saturated heterocycles. The Morgan fingerprint density at radius 2 is 1.95 bits per heavy atom. The lowest BCUT2D eigenvalue weighted by molar-refractivity contribution is 0.278. The molecule has 0 amide bonds. The summed E-state index contributed by atoms with van der Waals surface area (Å²) in [5.74, 6) is 0. The fourth-order valence-electron chi connectivity index (χ4n) is 3.16. The van der Waals surface area contributed by atoms with Crippen LogP contribution in [0.5, 0.6) is 0 Å². The minimum atomic E-state index is 0.378. The van der Waals surface area contributed by atoms with E-state index in [2.05, 4.69) is 18.3 Å². The second-order valence-corrected chi connectivity index (χ2v) is 6.56. The van der Waals surface area contributed by atoms with Gasteiger partial charge in [0.05, 0.1) is 10.0 Å². The van der Waals surface area contributed by atoms with Crippen molar-refractivity contribution in [1.29, 1.82) is 0 Å². The molecule has 1 fully saturated rings. The number of hydrogen-bond acceptors (Lipinski definition) is 1. The van der Waals surface area contributed by atoms with Crippen LogP contribution in [0.15, 0.2) is 18.2 Å². The van der Waals surface area contributed by atoms with Crippen molar-refractivity contribution in [3.8, 4) is 0 Å². The maximum absolute atomic E-state index is 6.34. The van der Waals surface area contributed by atoms with Crippen molar-refractivity contribution in [3.63, 3.8) is 0 Å². The molecular weight excluding hydrogens is 277 g/mol. The maximum atomic E-state index is 6.34. The highest BCUT2D eigenvalue weighted by Crippen LogP contribution is 2.42. The molecule has 0 heterocycles. The van der Waals surface area contributed by atoms with E-state index in [0.29, 0.717) is 10.4 Å². The lowest BCUT2D eigenvalue weighted by Crippen LogP contribution is -2.34. The Hall–Kier alpha value is -0.240. The molecule has 1 aromatic rings. The van der Waals surface area contributed by atoms with Crippen LogP contribution >= 0.6 is 23.2 Å². The summed E-state index contributed by atoms with van der Waals surface area (Å²) < 4.78 is 0. The first kappa shape index (κ1) is 15.2. The van der Waals surface area contributed by atoms with Crippen molar-refractivity contribution in [3.05, 3.63) is 33.8 Å². The van der Waals surface area contributed by atoms with Gasteiger partial charge in [0.25, 0.3) is 0 Å². The lowest BCUT2D eigenvalue weighted by atomic mass is 9.80. The highest BCUT2D eigenvalue weighted by atomic mass is 35.5. The normalized spacial score (nSPS) is 17.8. The molecule has 0 atom stereocenters. The van der Waals surface area contributed by atoms with Gasteiger partial charge in [-0.15, -0.1) is 0 Å². The third-order valence-corrected chi connectivity index (χ3v) is 5.05. The third-order valence-electron chi connectivity index (χ3n) is 4.19. The van der Waals surface area contributed by atoms with E-state index in [1.54, 1.807) is 0 Å². The van der Waals surface area contributed by atoms with E-state index in [4.69, 9.17) is 23.2 Å². The van der Waals surface area contributed by atoms with Gasteiger partial charge in [-0.1, -0.05) is 55.1 Å². The maximum Gasteiger partial charge on any atom is 0.0624 e. The second-order valence-electron chi connectivity index (χ2n) is 5.77. The standard InChI is InChI=1S/C16H23Cl2N/c1-2-10-19-12-16(8-3-4-9-16)11-13-6-5-7-14(17)15(13)18/h5-7,19H,2-4,8-12H2,1H3. The molecule has 0 bridgehead atoms. The van der Waals surface area contributed by atoms with Gasteiger partial charge in [0.15, 0.2) is 0 Å². The van der Waals surface area contributed by atoms with Gasteiger partial charge in [0.1, 0.15) is 0 Å². The molecule has 1 saturated carbocycles.